The van der Waals surface area contributed by atoms with Crippen LogP contribution in [0.5, 0.6) is 0 Å². The van der Waals surface area contributed by atoms with E-state index in [1.165, 1.54) is 19.4 Å². The Kier molecular flexibility index (Phi) is 14.4. The molecule has 0 aromatic rings. The van der Waals surface area contributed by atoms with Gasteiger partial charge >= 0.3 is 0 Å². The van der Waals surface area contributed by atoms with E-state index in [0.29, 0.717) is 25.9 Å². The van der Waals surface area contributed by atoms with Gasteiger partial charge in [-0.15, -0.1) is 24.0 Å². The predicted molar refractivity (Wildman–Crippen MR) is 102 cm³/mol. The summed E-state index contributed by atoms with van der Waals surface area (Å²) in [5.74, 6) is 0.885. The fourth-order valence-electron chi connectivity index (χ4n) is 2.54. The van der Waals surface area contributed by atoms with Crippen molar-refractivity contribution in [2.24, 2.45) is 4.99 Å². The third kappa shape index (κ3) is 9.12. The van der Waals surface area contributed by atoms with Crippen LogP contribution >= 0.6 is 24.0 Å². The van der Waals surface area contributed by atoms with Crippen molar-refractivity contribution in [2.45, 2.75) is 32.7 Å². The average Bonchev–Trinajstić information content (AvgIpc) is 2.95. The van der Waals surface area contributed by atoms with Crippen molar-refractivity contribution in [3.05, 3.63) is 0 Å². The van der Waals surface area contributed by atoms with E-state index in [0.717, 1.165) is 32.1 Å². The molecule has 1 unspecified atom stereocenters. The maximum Gasteiger partial charge on any atom is 0.191 e. The molecule has 0 aliphatic carbocycles. The first kappa shape index (κ1) is 21.9. The Bertz CT molecular complexity index is 293. The van der Waals surface area contributed by atoms with Crippen LogP contribution in [0.1, 0.15) is 26.7 Å². The van der Waals surface area contributed by atoms with Crippen molar-refractivity contribution in [1.82, 2.24) is 15.5 Å². The van der Waals surface area contributed by atoms with Gasteiger partial charge in [-0.1, -0.05) is 6.92 Å². The molecular weight excluding hydrogens is 395 g/mol. The lowest BCUT2D eigenvalue weighted by Gasteiger charge is -2.21. The third-order valence-electron chi connectivity index (χ3n) is 3.68. The Morgan fingerprint density at radius 3 is 2.73 bits per heavy atom. The summed E-state index contributed by atoms with van der Waals surface area (Å²) in [6.07, 6.45) is 2.56. The van der Waals surface area contributed by atoms with Crippen molar-refractivity contribution >= 4 is 29.9 Å². The molecule has 22 heavy (non-hydrogen) atoms. The molecule has 0 saturated carbocycles. The van der Waals surface area contributed by atoms with Crippen LogP contribution in [0.2, 0.25) is 0 Å². The molecule has 6 nitrogen and oxygen atoms in total. The van der Waals surface area contributed by atoms with Crippen LogP contribution < -0.4 is 10.6 Å². The van der Waals surface area contributed by atoms with Crippen molar-refractivity contribution in [2.75, 3.05) is 59.7 Å². The second-order valence-electron chi connectivity index (χ2n) is 5.18. The number of rotatable bonds is 10. The minimum Gasteiger partial charge on any atom is -0.382 e. The molecule has 7 heteroatoms. The van der Waals surface area contributed by atoms with E-state index in [2.05, 4.69) is 29.4 Å². The van der Waals surface area contributed by atoms with Crippen LogP contribution in [0.25, 0.3) is 0 Å². The highest BCUT2D eigenvalue weighted by Crippen LogP contribution is 2.16. The molecule has 0 aromatic heterocycles. The summed E-state index contributed by atoms with van der Waals surface area (Å²) in [7, 11) is 1.68. The number of nitrogens with zero attached hydrogens (tertiary/aromatic N) is 2. The van der Waals surface area contributed by atoms with E-state index in [4.69, 9.17) is 14.5 Å². The van der Waals surface area contributed by atoms with Crippen LogP contribution in [0, 0.1) is 0 Å². The highest BCUT2D eigenvalue weighted by Gasteiger charge is 2.22. The Morgan fingerprint density at radius 1 is 1.23 bits per heavy atom. The molecule has 0 radical (unpaired) electrons. The summed E-state index contributed by atoms with van der Waals surface area (Å²) in [4.78, 5) is 7.21. The number of aliphatic imine (C=N–C) groups is 1. The van der Waals surface area contributed by atoms with Crippen LogP contribution in [0.4, 0.5) is 0 Å². The normalized spacial score (nSPS) is 19.0. The Labute approximate surface area is 152 Å². The molecule has 2 N–H and O–H groups in total. The highest BCUT2D eigenvalue weighted by atomic mass is 127. The Balaban J connectivity index is 0.00000441. The molecule has 0 aromatic carbocycles. The summed E-state index contributed by atoms with van der Waals surface area (Å²) in [5.41, 5.74) is 0. The maximum absolute atomic E-state index is 5.44. The Hall–Kier alpha value is -0.120. The Morgan fingerprint density at radius 2 is 2.05 bits per heavy atom. The van der Waals surface area contributed by atoms with Crippen molar-refractivity contribution in [3.63, 3.8) is 0 Å². The summed E-state index contributed by atoms with van der Waals surface area (Å²) in [6.45, 7) is 11.1. The van der Waals surface area contributed by atoms with Gasteiger partial charge in [0.25, 0.3) is 0 Å². The van der Waals surface area contributed by atoms with Crippen LogP contribution in [0.3, 0.4) is 0 Å². The molecule has 1 heterocycles. The van der Waals surface area contributed by atoms with Gasteiger partial charge in [0.05, 0.1) is 26.4 Å². The number of methoxy groups -OCH3 is 1. The summed E-state index contributed by atoms with van der Waals surface area (Å²) in [6, 6.07) is 0.600. The topological polar surface area (TPSA) is 58.1 Å². The average molecular weight is 428 g/mol. The van der Waals surface area contributed by atoms with E-state index in [1.807, 2.05) is 0 Å². The lowest BCUT2D eigenvalue weighted by molar-refractivity contribution is 0.0733. The van der Waals surface area contributed by atoms with Crippen molar-refractivity contribution in [3.8, 4) is 0 Å². The molecule has 1 rings (SSSR count). The van der Waals surface area contributed by atoms with Gasteiger partial charge in [0.15, 0.2) is 5.96 Å². The quantitative estimate of drug-likeness (QED) is 0.238. The fourth-order valence-corrected chi connectivity index (χ4v) is 2.54. The van der Waals surface area contributed by atoms with E-state index >= 15 is 0 Å². The molecular formula is C15H33IN4O2. The summed E-state index contributed by atoms with van der Waals surface area (Å²) < 4.78 is 10.4. The van der Waals surface area contributed by atoms with Crippen molar-refractivity contribution < 1.29 is 9.47 Å². The number of likely N-dealkylation sites (tertiary alicyclic amines) is 1. The zero-order valence-corrected chi connectivity index (χ0v) is 16.6. The van der Waals surface area contributed by atoms with Gasteiger partial charge in [-0.3, -0.25) is 9.89 Å². The van der Waals surface area contributed by atoms with Gasteiger partial charge in [-0.2, -0.15) is 0 Å². The maximum atomic E-state index is 5.44. The van der Waals surface area contributed by atoms with Crippen LogP contribution in [-0.2, 0) is 9.47 Å². The van der Waals surface area contributed by atoms with Gasteiger partial charge in [0.2, 0.25) is 0 Å². The first-order chi connectivity index (χ1) is 10.3. The number of nitrogens with one attached hydrogen (secondary N) is 2. The predicted octanol–water partition coefficient (Wildman–Crippen LogP) is 1.31. The minimum absolute atomic E-state index is 0. The standard InChI is InChI=1S/C15H32N4O2.HI/c1-4-16-15(17-8-10-21-12-11-20-3)18-13-14-7-6-9-19(14)5-2;/h14H,4-13H2,1-3H3,(H2,16,17,18);1H. The fraction of sp³-hybridized carbons (Fsp3) is 0.933. The first-order valence-corrected chi connectivity index (χ1v) is 8.14. The molecule has 1 atom stereocenters. The molecule has 1 saturated heterocycles. The number of guanidine groups is 1. The van der Waals surface area contributed by atoms with E-state index in [9.17, 15) is 0 Å². The van der Waals surface area contributed by atoms with Gasteiger partial charge in [0, 0.05) is 26.2 Å². The van der Waals surface area contributed by atoms with Crippen LogP contribution in [0.15, 0.2) is 4.99 Å². The van der Waals surface area contributed by atoms with Crippen LogP contribution in [-0.4, -0.2) is 76.6 Å². The second kappa shape index (κ2) is 14.5. The van der Waals surface area contributed by atoms with E-state index < -0.39 is 0 Å². The number of hydrogen-bond acceptors (Lipinski definition) is 4. The number of ether oxygens (including phenoxy) is 2. The lowest BCUT2D eigenvalue weighted by Crippen LogP contribution is -2.40. The summed E-state index contributed by atoms with van der Waals surface area (Å²) >= 11 is 0. The summed E-state index contributed by atoms with van der Waals surface area (Å²) in [5, 5.41) is 6.59. The zero-order chi connectivity index (χ0) is 15.3. The highest BCUT2D eigenvalue weighted by molar-refractivity contribution is 14.0. The van der Waals surface area contributed by atoms with Gasteiger partial charge in [-0.05, 0) is 32.9 Å². The number of likely N-dealkylation sites (N-methyl/N-ethyl adjacent to an activating group) is 1. The van der Waals surface area contributed by atoms with Gasteiger partial charge in [0.1, 0.15) is 0 Å². The van der Waals surface area contributed by atoms with Crippen molar-refractivity contribution in [1.29, 1.82) is 0 Å². The third-order valence-corrected chi connectivity index (χ3v) is 3.68. The molecule has 1 aliphatic heterocycles. The van der Waals surface area contributed by atoms with E-state index in [1.54, 1.807) is 7.11 Å². The first-order valence-electron chi connectivity index (χ1n) is 8.14. The molecule has 0 bridgehead atoms. The lowest BCUT2D eigenvalue weighted by atomic mass is 10.2. The molecule has 0 amide bonds. The SMILES string of the molecule is CCNC(=NCC1CCCN1CC)NCCOCCOC.I. The molecule has 1 aliphatic rings. The smallest absolute Gasteiger partial charge is 0.191 e. The minimum atomic E-state index is 0. The van der Waals surface area contributed by atoms with Gasteiger partial charge in [-0.25, -0.2) is 0 Å². The molecule has 132 valence electrons. The molecule has 1 fully saturated rings. The van der Waals surface area contributed by atoms with E-state index in [-0.39, 0.29) is 24.0 Å². The number of halogens is 1. The van der Waals surface area contributed by atoms with Gasteiger partial charge < -0.3 is 20.1 Å². The molecule has 0 spiro atoms. The zero-order valence-electron chi connectivity index (χ0n) is 14.3. The monoisotopic (exact) mass is 428 g/mol. The second-order valence-corrected chi connectivity index (χ2v) is 5.18. The number of hydrogen-bond donors (Lipinski definition) is 2. The largest absolute Gasteiger partial charge is 0.382 e.